The van der Waals surface area contributed by atoms with Crippen LogP contribution in [0, 0.1) is 11.3 Å². The van der Waals surface area contributed by atoms with Gasteiger partial charge in [0.1, 0.15) is 11.6 Å². The number of halogens is 1. The first-order chi connectivity index (χ1) is 8.63. The van der Waals surface area contributed by atoms with E-state index in [1.165, 1.54) is 0 Å². The second-order valence-corrected chi connectivity index (χ2v) is 4.90. The van der Waals surface area contributed by atoms with Crippen LogP contribution in [0.5, 0.6) is 0 Å². The predicted octanol–water partition coefficient (Wildman–Crippen LogP) is 2.79. The van der Waals surface area contributed by atoms with E-state index >= 15 is 0 Å². The Hall–Kier alpha value is -1.54. The van der Waals surface area contributed by atoms with E-state index in [0.717, 1.165) is 19.3 Å². The average Bonchev–Trinajstić information content (AvgIpc) is 3.12. The van der Waals surface area contributed by atoms with Crippen molar-refractivity contribution in [3.05, 3.63) is 10.7 Å². The van der Waals surface area contributed by atoms with Crippen LogP contribution < -0.4 is 10.6 Å². The summed E-state index contributed by atoms with van der Waals surface area (Å²) in [4.78, 5) is 8.43. The molecule has 0 spiro atoms. The topological polar surface area (TPSA) is 73.6 Å². The van der Waals surface area contributed by atoms with Gasteiger partial charge in [-0.1, -0.05) is 18.5 Å². The third-order valence-electron chi connectivity index (χ3n) is 2.88. The fraction of sp³-hybridized carbons (Fsp3) is 0.583. The van der Waals surface area contributed by atoms with Gasteiger partial charge in [-0.25, -0.2) is 0 Å². The lowest BCUT2D eigenvalue weighted by Crippen LogP contribution is -2.17. The molecule has 1 aromatic rings. The SMILES string of the molecule is CCC(C)Nc1nc(Cl)c(C#N)c(NC2CC2)n1. The molecule has 2 N–H and O–H groups in total. The van der Waals surface area contributed by atoms with Gasteiger partial charge in [0.15, 0.2) is 11.0 Å². The van der Waals surface area contributed by atoms with Gasteiger partial charge >= 0.3 is 0 Å². The molecule has 5 nitrogen and oxygen atoms in total. The Morgan fingerprint density at radius 2 is 2.22 bits per heavy atom. The molecular formula is C12H16ClN5. The summed E-state index contributed by atoms with van der Waals surface area (Å²) in [7, 11) is 0. The summed E-state index contributed by atoms with van der Waals surface area (Å²) in [5, 5.41) is 15.6. The van der Waals surface area contributed by atoms with Gasteiger partial charge in [-0.05, 0) is 26.2 Å². The number of nitrogens with one attached hydrogen (secondary N) is 2. The van der Waals surface area contributed by atoms with E-state index < -0.39 is 0 Å². The molecule has 0 bridgehead atoms. The molecule has 1 atom stereocenters. The Morgan fingerprint density at radius 3 is 2.78 bits per heavy atom. The molecule has 1 heterocycles. The van der Waals surface area contributed by atoms with Crippen molar-refractivity contribution in [2.45, 2.75) is 45.2 Å². The van der Waals surface area contributed by atoms with Crippen LogP contribution in [0.3, 0.4) is 0 Å². The number of nitrogens with zero attached hydrogens (tertiary/aromatic N) is 3. The maximum absolute atomic E-state index is 9.08. The first-order valence-corrected chi connectivity index (χ1v) is 6.52. The maximum Gasteiger partial charge on any atom is 0.226 e. The van der Waals surface area contributed by atoms with E-state index in [1.54, 1.807) is 0 Å². The molecule has 1 saturated carbocycles. The molecule has 6 heteroatoms. The van der Waals surface area contributed by atoms with Gasteiger partial charge in [-0.15, -0.1) is 0 Å². The number of hydrogen-bond acceptors (Lipinski definition) is 5. The van der Waals surface area contributed by atoms with E-state index in [9.17, 15) is 0 Å². The maximum atomic E-state index is 9.08. The monoisotopic (exact) mass is 265 g/mol. The second-order valence-electron chi connectivity index (χ2n) is 4.55. The van der Waals surface area contributed by atoms with Crippen molar-refractivity contribution < 1.29 is 0 Å². The number of aromatic nitrogens is 2. The van der Waals surface area contributed by atoms with Crippen molar-refractivity contribution in [3.8, 4) is 6.07 Å². The molecule has 2 rings (SSSR count). The summed E-state index contributed by atoms with van der Waals surface area (Å²) in [6.45, 7) is 4.12. The Labute approximate surface area is 112 Å². The van der Waals surface area contributed by atoms with Crippen LogP contribution in [0.2, 0.25) is 5.15 Å². The first kappa shape index (κ1) is 12.9. The average molecular weight is 266 g/mol. The zero-order chi connectivity index (χ0) is 13.1. The van der Waals surface area contributed by atoms with E-state index in [4.69, 9.17) is 16.9 Å². The quantitative estimate of drug-likeness (QED) is 0.801. The van der Waals surface area contributed by atoms with Crippen molar-refractivity contribution in [2.24, 2.45) is 0 Å². The van der Waals surface area contributed by atoms with Gasteiger partial charge in [0.25, 0.3) is 0 Å². The molecule has 0 amide bonds. The summed E-state index contributed by atoms with van der Waals surface area (Å²) in [5.74, 6) is 1.00. The number of hydrogen-bond donors (Lipinski definition) is 2. The Kier molecular flexibility index (Phi) is 3.87. The minimum atomic E-state index is 0.196. The highest BCUT2D eigenvalue weighted by molar-refractivity contribution is 6.31. The molecule has 0 aromatic carbocycles. The molecule has 1 fully saturated rings. The van der Waals surface area contributed by atoms with Crippen LogP contribution in [0.1, 0.15) is 38.7 Å². The van der Waals surface area contributed by atoms with Crippen LogP contribution >= 0.6 is 11.6 Å². The van der Waals surface area contributed by atoms with Crippen LogP contribution in [0.15, 0.2) is 0 Å². The summed E-state index contributed by atoms with van der Waals surface area (Å²) >= 11 is 6.01. The lowest BCUT2D eigenvalue weighted by atomic mass is 10.3. The third-order valence-corrected chi connectivity index (χ3v) is 3.16. The summed E-state index contributed by atoms with van der Waals surface area (Å²) in [6.07, 6.45) is 3.19. The van der Waals surface area contributed by atoms with Crippen LogP contribution in [-0.4, -0.2) is 22.1 Å². The minimum Gasteiger partial charge on any atom is -0.366 e. The van der Waals surface area contributed by atoms with E-state index in [2.05, 4.69) is 27.5 Å². The van der Waals surface area contributed by atoms with Gasteiger partial charge in [0, 0.05) is 12.1 Å². The number of nitriles is 1. The molecule has 1 unspecified atom stereocenters. The largest absolute Gasteiger partial charge is 0.366 e. The fourth-order valence-electron chi connectivity index (χ4n) is 1.44. The van der Waals surface area contributed by atoms with Crippen LogP contribution in [0.25, 0.3) is 0 Å². The summed E-state index contributed by atoms with van der Waals surface area (Å²) < 4.78 is 0. The Balaban J connectivity index is 2.26. The van der Waals surface area contributed by atoms with Gasteiger partial charge in [0.2, 0.25) is 5.95 Å². The van der Waals surface area contributed by atoms with E-state index in [1.807, 2.05) is 13.0 Å². The molecule has 1 aliphatic carbocycles. The molecule has 0 saturated heterocycles. The smallest absolute Gasteiger partial charge is 0.226 e. The zero-order valence-electron chi connectivity index (χ0n) is 10.5. The van der Waals surface area contributed by atoms with Gasteiger partial charge in [-0.2, -0.15) is 15.2 Å². The highest BCUT2D eigenvalue weighted by Crippen LogP contribution is 2.28. The molecule has 1 aliphatic rings. The first-order valence-electron chi connectivity index (χ1n) is 6.14. The number of anilines is 2. The van der Waals surface area contributed by atoms with Gasteiger partial charge in [0.05, 0.1) is 0 Å². The Bertz CT molecular complexity index is 478. The second kappa shape index (κ2) is 5.40. The standard InChI is InChI=1S/C12H16ClN5/c1-3-7(2)15-12-17-10(13)9(6-14)11(18-12)16-8-4-5-8/h7-8H,3-5H2,1-2H3,(H2,15,16,17,18). The van der Waals surface area contributed by atoms with Crippen LogP contribution in [0.4, 0.5) is 11.8 Å². The Morgan fingerprint density at radius 1 is 1.50 bits per heavy atom. The number of rotatable bonds is 5. The highest BCUT2D eigenvalue weighted by Gasteiger charge is 2.24. The van der Waals surface area contributed by atoms with Crippen molar-refractivity contribution in [1.29, 1.82) is 5.26 Å². The van der Waals surface area contributed by atoms with Crippen molar-refractivity contribution in [1.82, 2.24) is 9.97 Å². The molecular weight excluding hydrogens is 250 g/mol. The summed E-state index contributed by atoms with van der Waals surface area (Å²) in [6, 6.07) is 2.73. The van der Waals surface area contributed by atoms with E-state index in [0.29, 0.717) is 23.4 Å². The van der Waals surface area contributed by atoms with Gasteiger partial charge < -0.3 is 10.6 Å². The molecule has 0 radical (unpaired) electrons. The lowest BCUT2D eigenvalue weighted by molar-refractivity contribution is 0.752. The zero-order valence-corrected chi connectivity index (χ0v) is 11.3. The molecule has 18 heavy (non-hydrogen) atoms. The van der Waals surface area contributed by atoms with Gasteiger partial charge in [-0.3, -0.25) is 0 Å². The van der Waals surface area contributed by atoms with Crippen molar-refractivity contribution >= 4 is 23.4 Å². The molecule has 0 aliphatic heterocycles. The predicted molar refractivity (Wildman–Crippen MR) is 71.8 cm³/mol. The fourth-order valence-corrected chi connectivity index (χ4v) is 1.66. The highest BCUT2D eigenvalue weighted by atomic mass is 35.5. The van der Waals surface area contributed by atoms with Crippen LogP contribution in [-0.2, 0) is 0 Å². The van der Waals surface area contributed by atoms with Crippen molar-refractivity contribution in [3.63, 3.8) is 0 Å². The normalized spacial score (nSPS) is 15.9. The molecule has 1 aromatic heterocycles. The summed E-state index contributed by atoms with van der Waals surface area (Å²) in [5.41, 5.74) is 0.318. The lowest BCUT2D eigenvalue weighted by Gasteiger charge is -2.14. The van der Waals surface area contributed by atoms with E-state index in [-0.39, 0.29) is 11.2 Å². The molecule has 96 valence electrons. The van der Waals surface area contributed by atoms with Crippen molar-refractivity contribution in [2.75, 3.05) is 10.6 Å². The minimum absolute atomic E-state index is 0.196. The third kappa shape index (κ3) is 3.02.